The maximum atomic E-state index is 12.5. The van der Waals surface area contributed by atoms with Crippen molar-refractivity contribution in [3.05, 3.63) is 78.5 Å². The Labute approximate surface area is 163 Å². The lowest BCUT2D eigenvalue weighted by Crippen LogP contribution is -2.41. The summed E-state index contributed by atoms with van der Waals surface area (Å²) in [6.45, 7) is 1.84. The van der Waals surface area contributed by atoms with E-state index in [1.807, 2.05) is 73.8 Å². The monoisotopic (exact) mass is 372 g/mol. The lowest BCUT2D eigenvalue weighted by Gasteiger charge is -2.17. The molecule has 2 heterocycles. The zero-order valence-electron chi connectivity index (χ0n) is 15.4. The minimum absolute atomic E-state index is 0.142. The third-order valence-electron chi connectivity index (χ3n) is 4.62. The fraction of sp³-hybridized carbons (Fsp3) is 0.136. The van der Waals surface area contributed by atoms with Crippen LogP contribution in [0.5, 0.6) is 0 Å². The van der Waals surface area contributed by atoms with Crippen molar-refractivity contribution in [2.75, 3.05) is 0 Å². The Morgan fingerprint density at radius 1 is 1.11 bits per heavy atom. The highest BCUT2D eigenvalue weighted by atomic mass is 16.2. The lowest BCUT2D eigenvalue weighted by molar-refractivity contribution is -0.133. The standard InChI is InChI=1S/C22H20N4O2/c1-16-14-20(27)23-26(16)21(28)13-12-18-15-25(19-10-6-3-7-11-19)24-22(18)17-8-4-2-5-9-17/h2-13,15-16H,14H2,1H3,(H,23,27). The Hall–Kier alpha value is -3.67. The van der Waals surface area contributed by atoms with Gasteiger partial charge in [0.2, 0.25) is 5.91 Å². The van der Waals surface area contributed by atoms with Crippen molar-refractivity contribution in [2.45, 2.75) is 19.4 Å². The van der Waals surface area contributed by atoms with Gasteiger partial charge in [-0.3, -0.25) is 15.0 Å². The van der Waals surface area contributed by atoms with Gasteiger partial charge in [0, 0.05) is 23.4 Å². The Kier molecular flexibility index (Phi) is 4.76. The molecule has 28 heavy (non-hydrogen) atoms. The maximum absolute atomic E-state index is 12.5. The molecule has 1 N–H and O–H groups in total. The van der Waals surface area contributed by atoms with Crippen molar-refractivity contribution in [1.29, 1.82) is 0 Å². The fourth-order valence-corrected chi connectivity index (χ4v) is 3.21. The highest BCUT2D eigenvalue weighted by Crippen LogP contribution is 2.25. The van der Waals surface area contributed by atoms with Crippen LogP contribution in [-0.4, -0.2) is 32.6 Å². The van der Waals surface area contributed by atoms with Crippen LogP contribution < -0.4 is 5.43 Å². The summed E-state index contributed by atoms with van der Waals surface area (Å²) in [6, 6.07) is 19.5. The Morgan fingerprint density at radius 2 is 1.79 bits per heavy atom. The molecule has 0 bridgehead atoms. The Morgan fingerprint density at radius 3 is 2.43 bits per heavy atom. The number of carbonyl (C=O) groups excluding carboxylic acids is 2. The molecule has 1 aromatic heterocycles. The summed E-state index contributed by atoms with van der Waals surface area (Å²) in [5.74, 6) is -0.402. The van der Waals surface area contributed by atoms with Gasteiger partial charge >= 0.3 is 0 Å². The molecule has 0 aliphatic carbocycles. The summed E-state index contributed by atoms with van der Waals surface area (Å²) in [5, 5.41) is 6.09. The highest BCUT2D eigenvalue weighted by molar-refractivity contribution is 5.95. The molecule has 6 nitrogen and oxygen atoms in total. The summed E-state index contributed by atoms with van der Waals surface area (Å²) in [6.07, 6.45) is 5.43. The Balaban J connectivity index is 1.68. The van der Waals surface area contributed by atoms with E-state index in [0.717, 1.165) is 22.5 Å². The van der Waals surface area contributed by atoms with E-state index < -0.39 is 0 Å². The predicted octanol–water partition coefficient (Wildman–Crippen LogP) is 3.20. The van der Waals surface area contributed by atoms with Gasteiger partial charge in [0.1, 0.15) is 0 Å². The Bertz CT molecular complexity index is 1030. The van der Waals surface area contributed by atoms with Crippen molar-refractivity contribution in [1.82, 2.24) is 20.2 Å². The largest absolute Gasteiger partial charge is 0.273 e. The number of rotatable bonds is 4. The summed E-state index contributed by atoms with van der Waals surface area (Å²) < 4.78 is 1.80. The minimum Gasteiger partial charge on any atom is -0.273 e. The first-order chi connectivity index (χ1) is 13.6. The second-order valence-corrected chi connectivity index (χ2v) is 6.71. The number of nitrogens with one attached hydrogen (secondary N) is 1. The number of hydrogen-bond donors (Lipinski definition) is 1. The molecule has 1 atom stereocenters. The number of para-hydroxylation sites is 1. The van der Waals surface area contributed by atoms with Gasteiger partial charge in [-0.2, -0.15) is 5.10 Å². The van der Waals surface area contributed by atoms with E-state index in [1.165, 1.54) is 11.1 Å². The van der Waals surface area contributed by atoms with E-state index in [-0.39, 0.29) is 17.9 Å². The molecule has 1 saturated heterocycles. The highest BCUT2D eigenvalue weighted by Gasteiger charge is 2.29. The molecule has 1 aliphatic rings. The number of amides is 2. The summed E-state index contributed by atoms with van der Waals surface area (Å²) in [7, 11) is 0. The number of hydrogen-bond acceptors (Lipinski definition) is 3. The molecule has 3 aromatic rings. The number of hydrazine groups is 1. The minimum atomic E-state index is -0.259. The molecular formula is C22H20N4O2. The van der Waals surface area contributed by atoms with E-state index in [1.54, 1.807) is 10.8 Å². The zero-order chi connectivity index (χ0) is 19.5. The lowest BCUT2D eigenvalue weighted by atomic mass is 10.1. The topological polar surface area (TPSA) is 67.2 Å². The number of carbonyl (C=O) groups is 2. The van der Waals surface area contributed by atoms with Gasteiger partial charge < -0.3 is 0 Å². The van der Waals surface area contributed by atoms with Crippen LogP contribution in [0.4, 0.5) is 0 Å². The van der Waals surface area contributed by atoms with Crippen LogP contribution in [0.1, 0.15) is 18.9 Å². The SMILES string of the molecule is CC1CC(=O)NN1C(=O)C=Cc1cn(-c2ccccc2)nc1-c1ccccc1. The molecule has 0 saturated carbocycles. The van der Waals surface area contributed by atoms with Crippen LogP contribution >= 0.6 is 0 Å². The van der Waals surface area contributed by atoms with E-state index in [0.29, 0.717) is 6.42 Å². The van der Waals surface area contributed by atoms with Gasteiger partial charge in [0.05, 0.1) is 23.8 Å². The van der Waals surface area contributed by atoms with E-state index in [2.05, 4.69) is 5.43 Å². The molecule has 0 radical (unpaired) electrons. The van der Waals surface area contributed by atoms with E-state index in [9.17, 15) is 9.59 Å². The van der Waals surface area contributed by atoms with Crippen LogP contribution in [0.15, 0.2) is 72.9 Å². The van der Waals surface area contributed by atoms with E-state index in [4.69, 9.17) is 5.10 Å². The molecule has 1 aliphatic heterocycles. The summed E-state index contributed by atoms with van der Waals surface area (Å²) in [4.78, 5) is 24.0. The molecular weight excluding hydrogens is 352 g/mol. The molecule has 2 amide bonds. The first-order valence-corrected chi connectivity index (χ1v) is 9.13. The maximum Gasteiger partial charge on any atom is 0.265 e. The third kappa shape index (κ3) is 3.57. The molecule has 0 spiro atoms. The summed E-state index contributed by atoms with van der Waals surface area (Å²) >= 11 is 0. The average molecular weight is 372 g/mol. The van der Waals surface area contributed by atoms with Gasteiger partial charge in [-0.1, -0.05) is 48.5 Å². The van der Waals surface area contributed by atoms with Crippen molar-refractivity contribution in [3.63, 3.8) is 0 Å². The van der Waals surface area contributed by atoms with Gasteiger partial charge in [0.25, 0.3) is 5.91 Å². The van der Waals surface area contributed by atoms with Crippen LogP contribution in [0.2, 0.25) is 0 Å². The number of aromatic nitrogens is 2. The van der Waals surface area contributed by atoms with Crippen LogP contribution in [-0.2, 0) is 9.59 Å². The zero-order valence-corrected chi connectivity index (χ0v) is 15.4. The van der Waals surface area contributed by atoms with Crippen molar-refractivity contribution in [2.24, 2.45) is 0 Å². The fourth-order valence-electron chi connectivity index (χ4n) is 3.21. The first kappa shape index (κ1) is 17.7. The molecule has 140 valence electrons. The van der Waals surface area contributed by atoms with Gasteiger partial charge in [-0.15, -0.1) is 0 Å². The second-order valence-electron chi connectivity index (χ2n) is 6.71. The van der Waals surface area contributed by atoms with Gasteiger partial charge in [-0.25, -0.2) is 9.69 Å². The van der Waals surface area contributed by atoms with E-state index >= 15 is 0 Å². The predicted molar refractivity (Wildman–Crippen MR) is 107 cm³/mol. The van der Waals surface area contributed by atoms with Crippen molar-refractivity contribution < 1.29 is 9.59 Å². The van der Waals surface area contributed by atoms with Crippen molar-refractivity contribution >= 4 is 17.9 Å². The molecule has 1 unspecified atom stereocenters. The van der Waals surface area contributed by atoms with Crippen molar-refractivity contribution in [3.8, 4) is 16.9 Å². The van der Waals surface area contributed by atoms with Crippen LogP contribution in [0.3, 0.4) is 0 Å². The second kappa shape index (κ2) is 7.52. The smallest absolute Gasteiger partial charge is 0.265 e. The van der Waals surface area contributed by atoms with Gasteiger partial charge in [-0.05, 0) is 25.1 Å². The number of benzene rings is 2. The van der Waals surface area contributed by atoms with Gasteiger partial charge in [0.15, 0.2) is 0 Å². The van der Waals surface area contributed by atoms with Crippen LogP contribution in [0.25, 0.3) is 23.0 Å². The quantitative estimate of drug-likeness (QED) is 0.715. The normalized spacial score (nSPS) is 16.5. The third-order valence-corrected chi connectivity index (χ3v) is 4.62. The molecule has 1 fully saturated rings. The molecule has 2 aromatic carbocycles. The first-order valence-electron chi connectivity index (χ1n) is 9.13. The number of nitrogens with zero attached hydrogens (tertiary/aromatic N) is 3. The molecule has 6 heteroatoms. The average Bonchev–Trinajstić information content (AvgIpc) is 3.30. The van der Waals surface area contributed by atoms with Crippen LogP contribution in [0, 0.1) is 0 Å². The molecule has 4 rings (SSSR count). The summed E-state index contributed by atoms with van der Waals surface area (Å²) in [5.41, 5.74) is 6.10.